The first-order chi connectivity index (χ1) is 9.46. The lowest BCUT2D eigenvalue weighted by Crippen LogP contribution is -2.69. The molecular formula is C15H22O5. The standard InChI is InChI=1S/C15H22O5/c1-8-4-5-11-9(2)12(16)17-13-15(11)10(8)6-7-14(3,18-13)19-20-15/h8-11,13H,4-7H2,1-3H3/t8-,9+,10+,11+,13+,14-,15-/m0/s1. The zero-order chi connectivity index (χ0) is 14.1. The molecule has 7 atom stereocenters. The van der Waals surface area contributed by atoms with Crippen LogP contribution < -0.4 is 0 Å². The molecule has 4 aliphatic heterocycles. The van der Waals surface area contributed by atoms with Crippen LogP contribution in [0.2, 0.25) is 0 Å². The Morgan fingerprint density at radius 1 is 1.10 bits per heavy atom. The lowest BCUT2D eigenvalue weighted by molar-refractivity contribution is -0.559. The summed E-state index contributed by atoms with van der Waals surface area (Å²) in [7, 11) is 0. The summed E-state index contributed by atoms with van der Waals surface area (Å²) < 4.78 is 11.6. The minimum absolute atomic E-state index is 0.123. The Hall–Kier alpha value is -0.650. The SMILES string of the molecule is C[C@H]1CC[C@@H]2[C@@H](C)C(=O)O[C@@H]3O[C@]4(C)CC[C@H]1[C@@]32OO4. The first-order valence-electron chi connectivity index (χ1n) is 7.71. The zero-order valence-corrected chi connectivity index (χ0v) is 12.3. The van der Waals surface area contributed by atoms with E-state index in [9.17, 15) is 4.79 Å². The number of carbonyl (C=O) groups excluding carboxylic acids is 1. The second-order valence-corrected chi connectivity index (χ2v) is 7.14. The molecule has 112 valence electrons. The normalized spacial score (nSPS) is 57.8. The molecule has 0 aromatic carbocycles. The summed E-state index contributed by atoms with van der Waals surface area (Å²) in [5.74, 6) is -0.137. The molecule has 2 bridgehead atoms. The molecule has 5 nitrogen and oxygen atoms in total. The summed E-state index contributed by atoms with van der Waals surface area (Å²) in [5.41, 5.74) is -0.610. The van der Waals surface area contributed by atoms with Crippen LogP contribution in [-0.4, -0.2) is 23.6 Å². The van der Waals surface area contributed by atoms with E-state index in [4.69, 9.17) is 19.2 Å². The molecule has 5 heteroatoms. The molecule has 1 aliphatic carbocycles. The van der Waals surface area contributed by atoms with Gasteiger partial charge in [0.05, 0.1) is 5.92 Å². The van der Waals surface area contributed by atoms with Crippen molar-refractivity contribution in [2.45, 2.75) is 64.1 Å². The Kier molecular flexibility index (Phi) is 2.58. The summed E-state index contributed by atoms with van der Waals surface area (Å²) in [4.78, 5) is 23.7. The molecule has 0 radical (unpaired) electrons. The van der Waals surface area contributed by atoms with Gasteiger partial charge < -0.3 is 9.47 Å². The Labute approximate surface area is 118 Å². The van der Waals surface area contributed by atoms with Gasteiger partial charge in [0.1, 0.15) is 0 Å². The highest BCUT2D eigenvalue weighted by Gasteiger charge is 2.69. The van der Waals surface area contributed by atoms with Crippen LogP contribution in [0.25, 0.3) is 0 Å². The Bertz CT molecular complexity index is 452. The van der Waals surface area contributed by atoms with Crippen molar-refractivity contribution < 1.29 is 24.0 Å². The fourth-order valence-electron chi connectivity index (χ4n) is 4.76. The third-order valence-corrected chi connectivity index (χ3v) is 5.97. The molecule has 5 rings (SSSR count). The first kappa shape index (κ1) is 13.0. The summed E-state index contributed by atoms with van der Waals surface area (Å²) in [6, 6.07) is 0. The van der Waals surface area contributed by atoms with Crippen molar-refractivity contribution in [1.29, 1.82) is 0 Å². The van der Waals surface area contributed by atoms with Crippen molar-refractivity contribution in [2.75, 3.05) is 0 Å². The topological polar surface area (TPSA) is 54.0 Å². The predicted octanol–water partition coefficient (Wildman–Crippen LogP) is 2.39. The van der Waals surface area contributed by atoms with Crippen LogP contribution in [0.15, 0.2) is 0 Å². The van der Waals surface area contributed by atoms with E-state index >= 15 is 0 Å². The largest absolute Gasteiger partial charge is 0.432 e. The number of hydrogen-bond acceptors (Lipinski definition) is 5. The van der Waals surface area contributed by atoms with Crippen LogP contribution in [0.1, 0.15) is 46.5 Å². The van der Waals surface area contributed by atoms with Gasteiger partial charge in [-0.3, -0.25) is 4.79 Å². The summed E-state index contributed by atoms with van der Waals surface area (Å²) in [6.07, 6.45) is 3.24. The molecule has 0 N–H and O–H groups in total. The van der Waals surface area contributed by atoms with Gasteiger partial charge in [-0.05, 0) is 32.1 Å². The number of carbonyl (C=O) groups is 1. The number of esters is 1. The quantitative estimate of drug-likeness (QED) is 0.504. The Morgan fingerprint density at radius 2 is 1.90 bits per heavy atom. The molecule has 0 aromatic rings. The molecule has 0 unspecified atom stereocenters. The van der Waals surface area contributed by atoms with Crippen LogP contribution >= 0.6 is 0 Å². The van der Waals surface area contributed by atoms with E-state index in [1.54, 1.807) is 0 Å². The average molecular weight is 282 g/mol. The first-order valence-corrected chi connectivity index (χ1v) is 7.71. The van der Waals surface area contributed by atoms with Crippen LogP contribution in [0.4, 0.5) is 0 Å². The summed E-state index contributed by atoms with van der Waals surface area (Å²) in [5, 5.41) is 0. The highest BCUT2D eigenvalue weighted by atomic mass is 17.3. The maximum atomic E-state index is 12.1. The molecule has 5 aliphatic rings. The van der Waals surface area contributed by atoms with Gasteiger partial charge in [0.15, 0.2) is 5.60 Å². The smallest absolute Gasteiger partial charge is 0.311 e. The van der Waals surface area contributed by atoms with Gasteiger partial charge in [-0.15, -0.1) is 0 Å². The van der Waals surface area contributed by atoms with Gasteiger partial charge in [-0.25, -0.2) is 9.78 Å². The van der Waals surface area contributed by atoms with E-state index in [-0.39, 0.29) is 17.8 Å². The second-order valence-electron chi connectivity index (χ2n) is 7.14. The maximum absolute atomic E-state index is 12.1. The van der Waals surface area contributed by atoms with E-state index < -0.39 is 17.7 Å². The highest BCUT2D eigenvalue weighted by Crippen LogP contribution is 2.59. The zero-order valence-electron chi connectivity index (χ0n) is 12.3. The molecule has 1 saturated carbocycles. The van der Waals surface area contributed by atoms with E-state index in [0.717, 1.165) is 25.7 Å². The van der Waals surface area contributed by atoms with Crippen molar-refractivity contribution in [3.63, 3.8) is 0 Å². The van der Waals surface area contributed by atoms with E-state index in [0.29, 0.717) is 11.8 Å². The number of fused-ring (bicyclic) bond motifs is 2. The van der Waals surface area contributed by atoms with Gasteiger partial charge >= 0.3 is 5.97 Å². The minimum atomic E-state index is -0.793. The third kappa shape index (κ3) is 1.46. The molecule has 5 fully saturated rings. The summed E-state index contributed by atoms with van der Waals surface area (Å²) >= 11 is 0. The molecule has 20 heavy (non-hydrogen) atoms. The number of hydrogen-bond donors (Lipinski definition) is 0. The number of rotatable bonds is 0. The summed E-state index contributed by atoms with van der Waals surface area (Å²) in [6.45, 7) is 6.06. The number of ether oxygens (including phenoxy) is 2. The average Bonchev–Trinajstić information content (AvgIpc) is 2.63. The van der Waals surface area contributed by atoms with Crippen molar-refractivity contribution in [2.24, 2.45) is 23.7 Å². The van der Waals surface area contributed by atoms with E-state index in [2.05, 4.69) is 6.92 Å². The lowest BCUT2D eigenvalue weighted by Gasteiger charge is -2.57. The van der Waals surface area contributed by atoms with Crippen LogP contribution in [0.3, 0.4) is 0 Å². The van der Waals surface area contributed by atoms with Gasteiger partial charge in [0.25, 0.3) is 0 Å². The minimum Gasteiger partial charge on any atom is -0.432 e. The van der Waals surface area contributed by atoms with Gasteiger partial charge in [-0.2, -0.15) is 0 Å². The Balaban J connectivity index is 1.84. The van der Waals surface area contributed by atoms with E-state index in [1.807, 2.05) is 13.8 Å². The van der Waals surface area contributed by atoms with Gasteiger partial charge in [0, 0.05) is 18.3 Å². The molecule has 4 heterocycles. The predicted molar refractivity (Wildman–Crippen MR) is 68.0 cm³/mol. The fourth-order valence-corrected chi connectivity index (χ4v) is 4.76. The third-order valence-electron chi connectivity index (χ3n) is 5.97. The monoisotopic (exact) mass is 282 g/mol. The fraction of sp³-hybridized carbons (Fsp3) is 0.933. The Morgan fingerprint density at radius 3 is 2.70 bits per heavy atom. The highest BCUT2D eigenvalue weighted by molar-refractivity contribution is 5.74. The van der Waals surface area contributed by atoms with Crippen molar-refractivity contribution in [1.82, 2.24) is 0 Å². The molecule has 4 saturated heterocycles. The van der Waals surface area contributed by atoms with Gasteiger partial charge in [0.2, 0.25) is 12.1 Å². The molecule has 0 amide bonds. The van der Waals surface area contributed by atoms with Crippen LogP contribution in [0, 0.1) is 23.7 Å². The lowest BCUT2D eigenvalue weighted by atomic mass is 9.58. The maximum Gasteiger partial charge on any atom is 0.311 e. The van der Waals surface area contributed by atoms with Crippen molar-refractivity contribution in [3.8, 4) is 0 Å². The van der Waals surface area contributed by atoms with Crippen molar-refractivity contribution in [3.05, 3.63) is 0 Å². The van der Waals surface area contributed by atoms with Gasteiger partial charge in [-0.1, -0.05) is 13.8 Å². The molecule has 1 spiro atoms. The molecular weight excluding hydrogens is 260 g/mol. The van der Waals surface area contributed by atoms with Crippen LogP contribution in [-0.2, 0) is 24.0 Å². The van der Waals surface area contributed by atoms with Crippen LogP contribution in [0.5, 0.6) is 0 Å². The van der Waals surface area contributed by atoms with Crippen molar-refractivity contribution >= 4 is 5.97 Å². The molecule has 0 aromatic heterocycles. The second kappa shape index (κ2) is 3.96. The van der Waals surface area contributed by atoms with E-state index in [1.165, 1.54) is 0 Å².